The monoisotopic (exact) mass is 491 g/mol. The van der Waals surface area contributed by atoms with Crippen LogP contribution in [0.3, 0.4) is 0 Å². The molecule has 0 aliphatic rings. The number of rotatable bonds is 5. The number of fused-ring (bicyclic) bond motifs is 1. The average molecular weight is 492 g/mol. The molecule has 0 spiro atoms. The van der Waals surface area contributed by atoms with Gasteiger partial charge in [0.2, 0.25) is 5.95 Å². The van der Waals surface area contributed by atoms with Crippen molar-refractivity contribution in [3.63, 3.8) is 0 Å². The maximum atomic E-state index is 13.3. The Morgan fingerprint density at radius 2 is 1.54 bits per heavy atom. The smallest absolute Gasteiger partial charge is 0.256 e. The first-order valence-electron chi connectivity index (χ1n) is 12.1. The summed E-state index contributed by atoms with van der Waals surface area (Å²) in [6.45, 7) is 11.9. The van der Waals surface area contributed by atoms with Crippen molar-refractivity contribution in [2.45, 2.75) is 41.5 Å². The predicted molar refractivity (Wildman–Crippen MR) is 147 cm³/mol. The number of carbonyl (C=O) groups is 1. The Labute approximate surface area is 215 Å². The molecule has 0 fully saturated rings. The molecule has 186 valence electrons. The summed E-state index contributed by atoms with van der Waals surface area (Å²) >= 11 is 0. The number of carbonyl (C=O) groups excluding carboxylic acids is 1. The second-order valence-electron chi connectivity index (χ2n) is 9.49. The van der Waals surface area contributed by atoms with Gasteiger partial charge in [0.25, 0.3) is 5.91 Å². The van der Waals surface area contributed by atoms with Crippen molar-refractivity contribution in [3.8, 4) is 5.82 Å². The molecule has 0 saturated carbocycles. The van der Waals surface area contributed by atoms with E-state index < -0.39 is 0 Å². The van der Waals surface area contributed by atoms with Crippen molar-refractivity contribution in [2.24, 2.45) is 0 Å². The van der Waals surface area contributed by atoms with Gasteiger partial charge in [-0.25, -0.2) is 15.0 Å². The van der Waals surface area contributed by atoms with Crippen LogP contribution >= 0.6 is 0 Å². The standard InChI is InChI=1S/C29H29N7O/c1-16-10-18(3)27-24(11-16)17(2)12-25(33-27)36-26(14-21(6)35-36)34-28(37)22-8-7-9-23(15-22)32-29-30-19(4)13-20(5)31-29/h7-15H,1-6H3,(H,34,37)(H,30,31,32). The van der Waals surface area contributed by atoms with Crippen LogP contribution in [0.25, 0.3) is 16.7 Å². The lowest BCUT2D eigenvalue weighted by Crippen LogP contribution is -2.16. The highest BCUT2D eigenvalue weighted by Gasteiger charge is 2.16. The predicted octanol–water partition coefficient (Wildman–Crippen LogP) is 6.06. The van der Waals surface area contributed by atoms with Crippen LogP contribution in [0.2, 0.25) is 0 Å². The number of amides is 1. The molecule has 0 unspecified atom stereocenters. The second-order valence-corrected chi connectivity index (χ2v) is 9.49. The van der Waals surface area contributed by atoms with E-state index in [1.54, 1.807) is 16.8 Å². The van der Waals surface area contributed by atoms with Crippen molar-refractivity contribution in [2.75, 3.05) is 10.6 Å². The number of aryl methyl sites for hydroxylation is 6. The number of nitrogens with zero attached hydrogens (tertiary/aromatic N) is 5. The second kappa shape index (κ2) is 9.46. The summed E-state index contributed by atoms with van der Waals surface area (Å²) in [6.07, 6.45) is 0. The Kier molecular flexibility index (Phi) is 6.17. The normalized spacial score (nSPS) is 11.1. The van der Waals surface area contributed by atoms with Gasteiger partial charge in [0.1, 0.15) is 5.82 Å². The number of hydrogen-bond donors (Lipinski definition) is 2. The molecule has 5 rings (SSSR count). The van der Waals surface area contributed by atoms with E-state index in [1.165, 1.54) is 5.56 Å². The average Bonchev–Trinajstić information content (AvgIpc) is 3.19. The highest BCUT2D eigenvalue weighted by Crippen LogP contribution is 2.26. The molecule has 0 radical (unpaired) electrons. The third-order valence-electron chi connectivity index (χ3n) is 6.09. The van der Waals surface area contributed by atoms with Crippen molar-refractivity contribution in [3.05, 3.63) is 93.9 Å². The van der Waals surface area contributed by atoms with Gasteiger partial charge < -0.3 is 10.6 Å². The molecule has 0 aliphatic carbocycles. The number of anilines is 3. The number of benzene rings is 2. The molecule has 5 aromatic rings. The van der Waals surface area contributed by atoms with Gasteiger partial charge in [0.05, 0.1) is 11.2 Å². The van der Waals surface area contributed by atoms with E-state index in [4.69, 9.17) is 4.98 Å². The minimum absolute atomic E-state index is 0.254. The summed E-state index contributed by atoms with van der Waals surface area (Å²) in [5.74, 6) is 1.44. The van der Waals surface area contributed by atoms with Crippen LogP contribution in [0.1, 0.15) is 44.1 Å². The lowest BCUT2D eigenvalue weighted by Gasteiger charge is -2.13. The fourth-order valence-electron chi connectivity index (χ4n) is 4.54. The first kappa shape index (κ1) is 24.1. The van der Waals surface area contributed by atoms with Gasteiger partial charge in [-0.3, -0.25) is 4.79 Å². The van der Waals surface area contributed by atoms with Crippen LogP contribution in [0, 0.1) is 41.5 Å². The van der Waals surface area contributed by atoms with E-state index >= 15 is 0 Å². The molecular weight excluding hydrogens is 462 g/mol. The van der Waals surface area contributed by atoms with E-state index in [0.29, 0.717) is 23.1 Å². The summed E-state index contributed by atoms with van der Waals surface area (Å²) in [5, 5.41) is 11.9. The fraction of sp³-hybridized carbons (Fsp3) is 0.207. The van der Waals surface area contributed by atoms with Crippen LogP contribution in [-0.2, 0) is 0 Å². The van der Waals surface area contributed by atoms with E-state index in [1.807, 2.05) is 51.1 Å². The molecule has 1 amide bonds. The summed E-state index contributed by atoms with van der Waals surface area (Å²) < 4.78 is 1.68. The van der Waals surface area contributed by atoms with E-state index in [2.05, 4.69) is 58.6 Å². The lowest BCUT2D eigenvalue weighted by atomic mass is 10.0. The van der Waals surface area contributed by atoms with Crippen LogP contribution in [0.15, 0.2) is 54.6 Å². The van der Waals surface area contributed by atoms with E-state index in [0.717, 1.165) is 44.8 Å². The Hall–Kier alpha value is -4.59. The zero-order valence-corrected chi connectivity index (χ0v) is 21.8. The minimum atomic E-state index is -0.254. The van der Waals surface area contributed by atoms with Gasteiger partial charge in [-0.2, -0.15) is 9.78 Å². The summed E-state index contributed by atoms with van der Waals surface area (Å²) in [5.41, 5.74) is 8.07. The number of pyridine rings is 1. The zero-order chi connectivity index (χ0) is 26.3. The van der Waals surface area contributed by atoms with Crippen molar-refractivity contribution in [1.29, 1.82) is 0 Å². The molecule has 8 nitrogen and oxygen atoms in total. The van der Waals surface area contributed by atoms with Gasteiger partial charge in [-0.05, 0) is 89.1 Å². The Balaban J connectivity index is 1.44. The molecule has 3 heterocycles. The Morgan fingerprint density at radius 3 is 2.30 bits per heavy atom. The van der Waals surface area contributed by atoms with Crippen LogP contribution in [0.5, 0.6) is 0 Å². The highest BCUT2D eigenvalue weighted by molar-refractivity contribution is 6.04. The van der Waals surface area contributed by atoms with Gasteiger partial charge in [-0.15, -0.1) is 0 Å². The maximum Gasteiger partial charge on any atom is 0.256 e. The number of nitrogens with one attached hydrogen (secondary N) is 2. The molecule has 3 aromatic heterocycles. The SMILES string of the molecule is Cc1cc(C)c2nc(-n3nc(C)cc3NC(=O)c3cccc(Nc4nc(C)cc(C)n4)c3)cc(C)c2c1. The van der Waals surface area contributed by atoms with Gasteiger partial charge in [0, 0.05) is 34.1 Å². The van der Waals surface area contributed by atoms with E-state index in [-0.39, 0.29) is 5.91 Å². The minimum Gasteiger partial charge on any atom is -0.324 e. The zero-order valence-electron chi connectivity index (χ0n) is 21.8. The van der Waals surface area contributed by atoms with Crippen LogP contribution in [0.4, 0.5) is 17.5 Å². The lowest BCUT2D eigenvalue weighted by molar-refractivity contribution is 0.102. The van der Waals surface area contributed by atoms with Gasteiger partial charge >= 0.3 is 0 Å². The molecule has 0 aliphatic heterocycles. The first-order valence-corrected chi connectivity index (χ1v) is 12.1. The third-order valence-corrected chi connectivity index (χ3v) is 6.09. The molecule has 0 bridgehead atoms. The van der Waals surface area contributed by atoms with Crippen LogP contribution in [-0.4, -0.2) is 30.6 Å². The maximum absolute atomic E-state index is 13.3. The molecule has 8 heteroatoms. The summed E-state index contributed by atoms with van der Waals surface area (Å²) in [6, 6.07) is 17.3. The van der Waals surface area contributed by atoms with Crippen molar-refractivity contribution < 1.29 is 4.79 Å². The van der Waals surface area contributed by atoms with E-state index in [9.17, 15) is 4.79 Å². The quantitative estimate of drug-likeness (QED) is 0.310. The topological polar surface area (TPSA) is 97.6 Å². The van der Waals surface area contributed by atoms with Gasteiger partial charge in [-0.1, -0.05) is 17.7 Å². The van der Waals surface area contributed by atoms with Crippen LogP contribution < -0.4 is 10.6 Å². The molecule has 37 heavy (non-hydrogen) atoms. The molecular formula is C29H29N7O. The van der Waals surface area contributed by atoms with Crippen molar-refractivity contribution in [1.82, 2.24) is 24.7 Å². The fourth-order valence-corrected chi connectivity index (χ4v) is 4.54. The number of hydrogen-bond acceptors (Lipinski definition) is 6. The molecule has 2 N–H and O–H groups in total. The molecule has 0 saturated heterocycles. The Morgan fingerprint density at radius 1 is 0.784 bits per heavy atom. The highest BCUT2D eigenvalue weighted by atomic mass is 16.1. The number of aromatic nitrogens is 5. The third kappa shape index (κ3) is 5.04. The summed E-state index contributed by atoms with van der Waals surface area (Å²) in [4.78, 5) is 27.0. The summed E-state index contributed by atoms with van der Waals surface area (Å²) in [7, 11) is 0. The van der Waals surface area contributed by atoms with Gasteiger partial charge in [0.15, 0.2) is 5.82 Å². The van der Waals surface area contributed by atoms with Crippen molar-refractivity contribution >= 4 is 34.3 Å². The molecule has 2 aromatic carbocycles. The Bertz CT molecular complexity index is 1650. The first-order chi connectivity index (χ1) is 17.7. The largest absolute Gasteiger partial charge is 0.324 e. The molecule has 0 atom stereocenters.